The summed E-state index contributed by atoms with van der Waals surface area (Å²) >= 11 is 0. The van der Waals surface area contributed by atoms with Crippen LogP contribution in [0.4, 0.5) is 5.69 Å². The largest absolute Gasteiger partial charge is 0.494 e. The zero-order valence-electron chi connectivity index (χ0n) is 10.1. The number of rotatable bonds is 5. The van der Waals surface area contributed by atoms with E-state index >= 15 is 0 Å². The molecule has 0 saturated heterocycles. The molecule has 0 saturated carbocycles. The van der Waals surface area contributed by atoms with E-state index in [-0.39, 0.29) is 12.3 Å². The lowest BCUT2D eigenvalue weighted by molar-refractivity contribution is -0.115. The molecule has 0 aliphatic heterocycles. The van der Waals surface area contributed by atoms with Gasteiger partial charge in [-0.1, -0.05) is 0 Å². The van der Waals surface area contributed by atoms with E-state index in [1.165, 1.54) is 12.7 Å². The first-order valence-corrected chi connectivity index (χ1v) is 5.67. The zero-order valence-corrected chi connectivity index (χ0v) is 10.1. The van der Waals surface area contributed by atoms with Gasteiger partial charge in [-0.3, -0.25) is 4.79 Å². The number of carbonyl (C=O) groups is 1. The Balaban J connectivity index is 1.90. The summed E-state index contributed by atoms with van der Waals surface area (Å²) in [6.07, 6.45) is 2.96. The number of anilines is 1. The first-order chi connectivity index (χ1) is 8.78. The van der Waals surface area contributed by atoms with E-state index in [1.54, 1.807) is 12.1 Å². The maximum absolute atomic E-state index is 11.7. The molecule has 0 radical (unpaired) electrons. The van der Waals surface area contributed by atoms with Gasteiger partial charge < -0.3 is 14.5 Å². The topological polar surface area (TPSA) is 64.4 Å². The van der Waals surface area contributed by atoms with Crippen molar-refractivity contribution in [3.05, 3.63) is 42.6 Å². The van der Waals surface area contributed by atoms with Crippen LogP contribution in [0.3, 0.4) is 0 Å². The van der Waals surface area contributed by atoms with Gasteiger partial charge in [-0.15, -0.1) is 0 Å². The Morgan fingerprint density at radius 3 is 2.78 bits per heavy atom. The Kier molecular flexibility index (Phi) is 3.96. The monoisotopic (exact) mass is 246 g/mol. The molecule has 2 aromatic rings. The quantitative estimate of drug-likeness (QED) is 0.878. The Hall–Kier alpha value is -2.30. The summed E-state index contributed by atoms with van der Waals surface area (Å²) in [7, 11) is 0. The van der Waals surface area contributed by atoms with Gasteiger partial charge in [0.05, 0.1) is 18.7 Å². The van der Waals surface area contributed by atoms with Crippen molar-refractivity contribution in [2.24, 2.45) is 0 Å². The normalized spacial score (nSPS) is 10.1. The highest BCUT2D eigenvalue weighted by Gasteiger charge is 2.06. The van der Waals surface area contributed by atoms with E-state index in [0.717, 1.165) is 11.4 Å². The van der Waals surface area contributed by atoms with Crippen LogP contribution in [-0.4, -0.2) is 17.5 Å². The lowest BCUT2D eigenvalue weighted by Gasteiger charge is -2.06. The van der Waals surface area contributed by atoms with Crippen LogP contribution < -0.4 is 10.1 Å². The number of nitrogens with one attached hydrogen (secondary N) is 1. The molecule has 0 spiro atoms. The molecule has 1 amide bonds. The van der Waals surface area contributed by atoms with Gasteiger partial charge in [0.25, 0.3) is 0 Å². The summed E-state index contributed by atoms with van der Waals surface area (Å²) < 4.78 is 10.1. The number of aromatic nitrogens is 1. The van der Waals surface area contributed by atoms with Crippen molar-refractivity contribution in [2.45, 2.75) is 13.3 Å². The average Bonchev–Trinajstić information content (AvgIpc) is 2.84. The van der Waals surface area contributed by atoms with Crippen molar-refractivity contribution in [3.63, 3.8) is 0 Å². The Labute approximate surface area is 105 Å². The number of benzene rings is 1. The molecule has 18 heavy (non-hydrogen) atoms. The van der Waals surface area contributed by atoms with Crippen molar-refractivity contribution < 1.29 is 13.9 Å². The highest BCUT2D eigenvalue weighted by atomic mass is 16.5. The minimum Gasteiger partial charge on any atom is -0.494 e. The SMILES string of the molecule is CCOc1ccc(NC(=O)Cc2cocn2)cc1. The summed E-state index contributed by atoms with van der Waals surface area (Å²) in [6.45, 7) is 2.55. The van der Waals surface area contributed by atoms with E-state index in [2.05, 4.69) is 10.3 Å². The first-order valence-electron chi connectivity index (χ1n) is 5.67. The summed E-state index contributed by atoms with van der Waals surface area (Å²) in [5.41, 5.74) is 1.34. The van der Waals surface area contributed by atoms with Gasteiger partial charge >= 0.3 is 0 Å². The Morgan fingerprint density at radius 2 is 2.17 bits per heavy atom. The highest BCUT2D eigenvalue weighted by Crippen LogP contribution is 2.15. The predicted octanol–water partition coefficient (Wildman–Crippen LogP) is 2.25. The molecule has 5 nitrogen and oxygen atoms in total. The van der Waals surface area contributed by atoms with Crippen LogP contribution in [0.2, 0.25) is 0 Å². The third-order valence-electron chi connectivity index (χ3n) is 2.27. The lowest BCUT2D eigenvalue weighted by Crippen LogP contribution is -2.14. The van der Waals surface area contributed by atoms with Gasteiger partial charge in [0.15, 0.2) is 6.39 Å². The molecule has 0 unspecified atom stereocenters. The summed E-state index contributed by atoms with van der Waals surface area (Å²) in [5, 5.41) is 2.77. The van der Waals surface area contributed by atoms with E-state index in [1.807, 2.05) is 19.1 Å². The number of oxazole rings is 1. The molecule has 0 bridgehead atoms. The number of nitrogens with zero attached hydrogens (tertiary/aromatic N) is 1. The van der Waals surface area contributed by atoms with Gasteiger partial charge in [-0.05, 0) is 31.2 Å². The fourth-order valence-electron chi connectivity index (χ4n) is 1.50. The third-order valence-corrected chi connectivity index (χ3v) is 2.27. The van der Waals surface area contributed by atoms with Crippen molar-refractivity contribution in [2.75, 3.05) is 11.9 Å². The first kappa shape index (κ1) is 12.2. The molecular formula is C13H14N2O3. The van der Waals surface area contributed by atoms with Gasteiger partial charge in [0.2, 0.25) is 5.91 Å². The second kappa shape index (κ2) is 5.86. The second-order valence-electron chi connectivity index (χ2n) is 3.66. The van der Waals surface area contributed by atoms with Crippen molar-refractivity contribution in [1.29, 1.82) is 0 Å². The number of ether oxygens (including phenoxy) is 1. The smallest absolute Gasteiger partial charge is 0.230 e. The third kappa shape index (κ3) is 3.35. The van der Waals surface area contributed by atoms with E-state index in [0.29, 0.717) is 12.3 Å². The summed E-state index contributed by atoms with van der Waals surface area (Å²) in [5.74, 6) is 0.653. The minimum absolute atomic E-state index is 0.131. The maximum atomic E-state index is 11.7. The van der Waals surface area contributed by atoms with Crippen LogP contribution in [0.1, 0.15) is 12.6 Å². The number of hydrogen-bond donors (Lipinski definition) is 1. The van der Waals surface area contributed by atoms with Crippen molar-refractivity contribution in [3.8, 4) is 5.75 Å². The Morgan fingerprint density at radius 1 is 1.39 bits per heavy atom. The second-order valence-corrected chi connectivity index (χ2v) is 3.66. The molecule has 0 aliphatic carbocycles. The van der Waals surface area contributed by atoms with Gasteiger partial charge in [-0.25, -0.2) is 4.98 Å². The molecule has 1 heterocycles. The summed E-state index contributed by atoms with van der Waals surface area (Å²) in [6, 6.07) is 7.22. The molecule has 1 aromatic heterocycles. The van der Waals surface area contributed by atoms with Crippen LogP contribution in [0, 0.1) is 0 Å². The molecule has 0 fully saturated rings. The van der Waals surface area contributed by atoms with Crippen LogP contribution in [-0.2, 0) is 11.2 Å². The van der Waals surface area contributed by atoms with Crippen LogP contribution in [0.5, 0.6) is 5.75 Å². The number of carbonyl (C=O) groups excluding carboxylic acids is 1. The predicted molar refractivity (Wildman–Crippen MR) is 66.4 cm³/mol. The molecule has 94 valence electrons. The minimum atomic E-state index is -0.131. The highest BCUT2D eigenvalue weighted by molar-refractivity contribution is 5.91. The summed E-state index contributed by atoms with van der Waals surface area (Å²) in [4.78, 5) is 15.6. The lowest BCUT2D eigenvalue weighted by atomic mass is 10.2. The van der Waals surface area contributed by atoms with Crippen molar-refractivity contribution >= 4 is 11.6 Å². The van der Waals surface area contributed by atoms with Gasteiger partial charge in [0, 0.05) is 5.69 Å². The molecule has 5 heteroatoms. The fraction of sp³-hybridized carbons (Fsp3) is 0.231. The fourth-order valence-corrected chi connectivity index (χ4v) is 1.50. The zero-order chi connectivity index (χ0) is 12.8. The molecule has 1 N–H and O–H groups in total. The van der Waals surface area contributed by atoms with E-state index in [9.17, 15) is 4.79 Å². The standard InChI is InChI=1S/C13H14N2O3/c1-2-18-12-5-3-10(4-6-12)15-13(16)7-11-8-17-9-14-11/h3-6,8-9H,2,7H2,1H3,(H,15,16). The van der Waals surface area contributed by atoms with Gasteiger partial charge in [0.1, 0.15) is 12.0 Å². The molecule has 1 aromatic carbocycles. The number of hydrogen-bond acceptors (Lipinski definition) is 4. The number of amides is 1. The Bertz CT molecular complexity index is 491. The van der Waals surface area contributed by atoms with Gasteiger partial charge in [-0.2, -0.15) is 0 Å². The maximum Gasteiger partial charge on any atom is 0.230 e. The molecular weight excluding hydrogens is 232 g/mol. The van der Waals surface area contributed by atoms with Crippen LogP contribution in [0.15, 0.2) is 41.3 Å². The average molecular weight is 246 g/mol. The molecule has 0 aliphatic rings. The van der Waals surface area contributed by atoms with Crippen LogP contribution in [0.25, 0.3) is 0 Å². The van der Waals surface area contributed by atoms with Crippen LogP contribution >= 0.6 is 0 Å². The van der Waals surface area contributed by atoms with Crippen molar-refractivity contribution in [1.82, 2.24) is 4.98 Å². The molecule has 0 atom stereocenters. The van der Waals surface area contributed by atoms with E-state index < -0.39 is 0 Å². The molecule has 2 rings (SSSR count). The van der Waals surface area contributed by atoms with E-state index in [4.69, 9.17) is 9.15 Å².